The number of aryl methyl sites for hydroxylation is 2. The van der Waals surface area contributed by atoms with Gasteiger partial charge in [-0.25, -0.2) is 0 Å². The van der Waals surface area contributed by atoms with Crippen LogP contribution >= 0.6 is 0 Å². The SMILES string of the molecule is C[C@@H](/C=C/CC(=O)N(CCO)Cc1ccccc1)[C@]1(O)C(=O)N(Cc2ccc(N3C(=O)CCc4ccccc43)cc2)c2ccc(N3C(=O)CCc4ccccc43)cc21. The fourth-order valence-electron chi connectivity index (χ4n) is 8.44. The van der Waals surface area contributed by atoms with Crippen molar-refractivity contribution in [2.24, 2.45) is 5.92 Å². The molecule has 0 saturated heterocycles. The summed E-state index contributed by atoms with van der Waals surface area (Å²) in [5.41, 5.74) is 5.67. The molecule has 0 aliphatic carbocycles. The molecule has 294 valence electrons. The molecule has 10 nitrogen and oxygen atoms in total. The van der Waals surface area contributed by atoms with Crippen molar-refractivity contribution < 1.29 is 29.4 Å². The van der Waals surface area contributed by atoms with Gasteiger partial charge in [0.1, 0.15) is 0 Å². The number of rotatable bonds is 12. The Morgan fingerprint density at radius 2 is 1.31 bits per heavy atom. The van der Waals surface area contributed by atoms with Crippen LogP contribution in [-0.2, 0) is 50.7 Å². The van der Waals surface area contributed by atoms with Crippen molar-refractivity contribution in [2.75, 3.05) is 27.9 Å². The van der Waals surface area contributed by atoms with Gasteiger partial charge in [0.05, 0.1) is 30.2 Å². The molecule has 0 spiro atoms. The van der Waals surface area contributed by atoms with Gasteiger partial charge in [-0.15, -0.1) is 0 Å². The van der Waals surface area contributed by atoms with E-state index in [0.717, 1.165) is 39.3 Å². The Balaban J connectivity index is 1.10. The Kier molecular flexibility index (Phi) is 10.8. The molecule has 5 aromatic carbocycles. The van der Waals surface area contributed by atoms with E-state index in [2.05, 4.69) is 0 Å². The van der Waals surface area contributed by atoms with Crippen molar-refractivity contribution in [3.05, 3.63) is 161 Å². The van der Waals surface area contributed by atoms with Crippen LogP contribution in [0.5, 0.6) is 0 Å². The molecular weight excluding hydrogens is 729 g/mol. The maximum atomic E-state index is 14.7. The van der Waals surface area contributed by atoms with E-state index in [-0.39, 0.29) is 43.8 Å². The van der Waals surface area contributed by atoms with Gasteiger partial charge in [-0.2, -0.15) is 0 Å². The maximum Gasteiger partial charge on any atom is 0.264 e. The predicted octanol–water partition coefficient (Wildman–Crippen LogP) is 7.25. The highest BCUT2D eigenvalue weighted by Crippen LogP contribution is 2.48. The number of carbonyl (C=O) groups is 4. The summed E-state index contributed by atoms with van der Waals surface area (Å²) < 4.78 is 0. The normalized spacial score (nSPS) is 18.0. The number of anilines is 5. The number of carbonyl (C=O) groups excluding carboxylic acids is 4. The molecule has 10 heteroatoms. The van der Waals surface area contributed by atoms with Gasteiger partial charge < -0.3 is 20.0 Å². The lowest BCUT2D eigenvalue weighted by Crippen LogP contribution is -2.44. The van der Waals surface area contributed by atoms with E-state index in [1.807, 2.05) is 109 Å². The highest BCUT2D eigenvalue weighted by atomic mass is 16.3. The molecule has 3 aliphatic heterocycles. The third-order valence-corrected chi connectivity index (χ3v) is 11.5. The summed E-state index contributed by atoms with van der Waals surface area (Å²) in [4.78, 5) is 61.2. The highest BCUT2D eigenvalue weighted by Gasteiger charge is 2.53. The molecule has 0 radical (unpaired) electrons. The third kappa shape index (κ3) is 7.21. The van der Waals surface area contributed by atoms with Crippen LogP contribution < -0.4 is 14.7 Å². The van der Waals surface area contributed by atoms with Gasteiger partial charge in [-0.1, -0.05) is 97.9 Å². The number of aliphatic hydroxyl groups is 2. The Hall–Kier alpha value is -6.36. The van der Waals surface area contributed by atoms with Gasteiger partial charge in [-0.05, 0) is 77.6 Å². The van der Waals surface area contributed by atoms with Gasteiger partial charge in [0, 0.05) is 55.2 Å². The fraction of sp³-hybridized carbons (Fsp3) is 0.250. The number of benzene rings is 5. The molecule has 0 unspecified atom stereocenters. The van der Waals surface area contributed by atoms with Crippen LogP contribution in [0.2, 0.25) is 0 Å². The van der Waals surface area contributed by atoms with Crippen LogP contribution in [0.15, 0.2) is 133 Å². The zero-order valence-corrected chi connectivity index (χ0v) is 32.5. The van der Waals surface area contributed by atoms with E-state index in [0.29, 0.717) is 49.2 Å². The standard InChI is InChI=1S/C48H46N4O6/c1-33(10-9-17-44(54)49(28-29-53)31-34-11-3-2-4-12-34)48(58)40-30-39(52-42-16-8-6-14-37(42)21-27-46(52)56)24-25-43(40)50(47(48)57)32-35-18-22-38(23-19-35)51-41-15-7-5-13-36(41)20-26-45(51)55/h2-16,18-19,22-25,30,33,53,58H,17,20-21,26-29,31-32H2,1H3/b10-9+/t33-,48+/m0/s1. The maximum absolute atomic E-state index is 14.7. The van der Waals surface area contributed by atoms with Gasteiger partial charge in [0.2, 0.25) is 17.7 Å². The molecular formula is C48H46N4O6. The molecule has 2 N–H and O–H groups in total. The first-order chi connectivity index (χ1) is 28.2. The van der Waals surface area contributed by atoms with E-state index in [1.165, 1.54) is 0 Å². The zero-order valence-electron chi connectivity index (χ0n) is 32.5. The van der Waals surface area contributed by atoms with Gasteiger partial charge in [-0.3, -0.25) is 29.0 Å². The fourth-order valence-corrected chi connectivity index (χ4v) is 8.44. The lowest BCUT2D eigenvalue weighted by Gasteiger charge is -2.31. The summed E-state index contributed by atoms with van der Waals surface area (Å²) in [5, 5.41) is 22.4. The van der Waals surface area contributed by atoms with E-state index in [9.17, 15) is 29.4 Å². The predicted molar refractivity (Wildman–Crippen MR) is 224 cm³/mol. The average molecular weight is 775 g/mol. The van der Waals surface area contributed by atoms with Crippen molar-refractivity contribution in [3.8, 4) is 0 Å². The molecule has 0 aromatic heterocycles. The Morgan fingerprint density at radius 1 is 0.724 bits per heavy atom. The quantitative estimate of drug-likeness (QED) is 0.129. The second-order valence-corrected chi connectivity index (χ2v) is 15.2. The minimum absolute atomic E-state index is 0.00740. The lowest BCUT2D eigenvalue weighted by molar-refractivity contribution is -0.139. The average Bonchev–Trinajstić information content (AvgIpc) is 3.46. The van der Waals surface area contributed by atoms with Crippen molar-refractivity contribution in [1.82, 2.24) is 4.90 Å². The second kappa shape index (κ2) is 16.2. The lowest BCUT2D eigenvalue weighted by atomic mass is 9.82. The van der Waals surface area contributed by atoms with Crippen LogP contribution in [-0.4, -0.2) is 51.9 Å². The first-order valence-electron chi connectivity index (χ1n) is 19.9. The van der Waals surface area contributed by atoms with Gasteiger partial charge in [0.15, 0.2) is 5.60 Å². The van der Waals surface area contributed by atoms with Crippen LogP contribution in [0.25, 0.3) is 0 Å². The summed E-state index contributed by atoms with van der Waals surface area (Å²) in [6.07, 6.45) is 5.45. The smallest absolute Gasteiger partial charge is 0.264 e. The number of fused-ring (bicyclic) bond motifs is 3. The molecule has 58 heavy (non-hydrogen) atoms. The number of para-hydroxylation sites is 2. The summed E-state index contributed by atoms with van der Waals surface area (Å²) in [7, 11) is 0. The molecule has 5 aromatic rings. The van der Waals surface area contributed by atoms with Crippen LogP contribution in [0.4, 0.5) is 28.4 Å². The van der Waals surface area contributed by atoms with Crippen LogP contribution in [0.1, 0.15) is 54.0 Å². The van der Waals surface area contributed by atoms with Gasteiger partial charge >= 0.3 is 0 Å². The molecule has 2 atom stereocenters. The van der Waals surface area contributed by atoms with E-state index in [1.54, 1.807) is 50.8 Å². The number of amides is 4. The minimum atomic E-state index is -2.03. The summed E-state index contributed by atoms with van der Waals surface area (Å²) in [5.74, 6) is -1.55. The van der Waals surface area contributed by atoms with Crippen molar-refractivity contribution in [1.29, 1.82) is 0 Å². The van der Waals surface area contributed by atoms with E-state index < -0.39 is 17.4 Å². The monoisotopic (exact) mass is 774 g/mol. The molecule has 0 fully saturated rings. The summed E-state index contributed by atoms with van der Waals surface area (Å²) in [6.45, 7) is 2.23. The Bertz CT molecular complexity index is 2400. The van der Waals surface area contributed by atoms with E-state index >= 15 is 0 Å². The van der Waals surface area contributed by atoms with Crippen molar-refractivity contribution >= 4 is 52.1 Å². The Labute approximate surface area is 338 Å². The topological polar surface area (TPSA) is 122 Å². The molecule has 0 saturated carbocycles. The minimum Gasteiger partial charge on any atom is -0.395 e. The zero-order chi connectivity index (χ0) is 40.4. The molecule has 0 bridgehead atoms. The Morgan fingerprint density at radius 3 is 1.95 bits per heavy atom. The first kappa shape index (κ1) is 38.5. The van der Waals surface area contributed by atoms with Crippen molar-refractivity contribution in [2.45, 2.75) is 57.7 Å². The number of hydrogen-bond acceptors (Lipinski definition) is 6. The van der Waals surface area contributed by atoms with Crippen LogP contribution in [0.3, 0.4) is 0 Å². The van der Waals surface area contributed by atoms with Crippen LogP contribution in [0, 0.1) is 5.92 Å². The summed E-state index contributed by atoms with van der Waals surface area (Å²) in [6, 6.07) is 38.1. The second-order valence-electron chi connectivity index (χ2n) is 15.2. The van der Waals surface area contributed by atoms with Gasteiger partial charge in [0.25, 0.3) is 5.91 Å². The molecule has 3 heterocycles. The molecule has 3 aliphatic rings. The highest BCUT2D eigenvalue weighted by molar-refractivity contribution is 6.09. The number of aliphatic hydroxyl groups excluding tert-OH is 1. The van der Waals surface area contributed by atoms with Crippen molar-refractivity contribution in [3.63, 3.8) is 0 Å². The summed E-state index contributed by atoms with van der Waals surface area (Å²) >= 11 is 0. The number of hydrogen-bond donors (Lipinski definition) is 2. The molecule has 8 rings (SSSR count). The van der Waals surface area contributed by atoms with E-state index in [4.69, 9.17) is 0 Å². The first-order valence-corrected chi connectivity index (χ1v) is 19.9. The molecule has 4 amide bonds. The number of nitrogens with zero attached hydrogens (tertiary/aromatic N) is 4. The largest absolute Gasteiger partial charge is 0.395 e. The third-order valence-electron chi connectivity index (χ3n) is 11.5.